The molecule has 1 fully saturated rings. The molecule has 5 heteroatoms. The highest BCUT2D eigenvalue weighted by atomic mass is 16.3. The summed E-state index contributed by atoms with van der Waals surface area (Å²) >= 11 is 0. The Morgan fingerprint density at radius 1 is 1.00 bits per heavy atom. The number of aromatic hydroxyl groups is 1. The number of aromatic amines is 2. The Hall–Kier alpha value is -2.76. The van der Waals surface area contributed by atoms with Gasteiger partial charge in [-0.15, -0.1) is 0 Å². The molecule has 0 radical (unpaired) electrons. The number of nitrogens with one attached hydrogen (secondary N) is 2. The minimum Gasteiger partial charge on any atom is -0.508 e. The molecule has 1 saturated heterocycles. The van der Waals surface area contributed by atoms with Crippen LogP contribution in [-0.2, 0) is 19.4 Å². The van der Waals surface area contributed by atoms with Gasteiger partial charge in [-0.05, 0) is 73.5 Å². The number of piperidine rings is 1. The maximum atomic E-state index is 10.1. The number of rotatable bonds is 3. The van der Waals surface area contributed by atoms with Crippen LogP contribution in [0.3, 0.4) is 0 Å². The van der Waals surface area contributed by atoms with Crippen LogP contribution in [0.1, 0.15) is 54.7 Å². The van der Waals surface area contributed by atoms with Gasteiger partial charge in [0.1, 0.15) is 5.75 Å². The molecule has 3 aliphatic heterocycles. The molecule has 3 aliphatic rings. The third kappa shape index (κ3) is 3.43. The lowest BCUT2D eigenvalue weighted by Crippen LogP contribution is -2.50. The number of likely N-dealkylation sites (N-methyl/N-ethyl adjacent to an activating group) is 1. The molecule has 4 unspecified atom stereocenters. The lowest BCUT2D eigenvalue weighted by atomic mass is 9.74. The first-order chi connectivity index (χ1) is 17.1. The minimum absolute atomic E-state index is 0.361. The zero-order valence-corrected chi connectivity index (χ0v) is 20.8. The Labute approximate surface area is 207 Å². The number of fused-ring (bicyclic) bond motifs is 7. The predicted octanol–water partition coefficient (Wildman–Crippen LogP) is 5.75. The van der Waals surface area contributed by atoms with Gasteiger partial charge >= 0.3 is 0 Å². The van der Waals surface area contributed by atoms with Crippen LogP contribution in [0.2, 0.25) is 0 Å². The van der Waals surface area contributed by atoms with E-state index >= 15 is 0 Å². The Morgan fingerprint density at radius 2 is 1.86 bits per heavy atom. The number of H-pyrrole nitrogens is 2. The van der Waals surface area contributed by atoms with Gasteiger partial charge in [0.05, 0.1) is 6.04 Å². The SMILES string of the molecule is CCC1CN2Cc3c([nH]c4ccc(O)cc34)CC2CC1CC1c2[nH]c3ccccc3c2CCN1C. The van der Waals surface area contributed by atoms with E-state index in [1.165, 1.54) is 59.0 Å². The fourth-order valence-corrected chi connectivity index (χ4v) is 7.56. The highest BCUT2D eigenvalue weighted by molar-refractivity contribution is 5.86. The quantitative estimate of drug-likeness (QED) is 0.359. The van der Waals surface area contributed by atoms with Crippen LogP contribution in [0.25, 0.3) is 21.8 Å². The maximum Gasteiger partial charge on any atom is 0.116 e. The number of hydrogen-bond acceptors (Lipinski definition) is 3. The van der Waals surface area contributed by atoms with Crippen molar-refractivity contribution in [1.82, 2.24) is 19.8 Å². The van der Waals surface area contributed by atoms with E-state index in [2.05, 4.69) is 58.0 Å². The predicted molar refractivity (Wildman–Crippen MR) is 142 cm³/mol. The van der Waals surface area contributed by atoms with Crippen LogP contribution in [0, 0.1) is 11.8 Å². The molecule has 0 spiro atoms. The van der Waals surface area contributed by atoms with E-state index in [1.54, 1.807) is 11.6 Å². The van der Waals surface area contributed by atoms with Crippen LogP contribution in [0.15, 0.2) is 42.5 Å². The topological polar surface area (TPSA) is 58.3 Å². The van der Waals surface area contributed by atoms with Crippen molar-refractivity contribution in [2.24, 2.45) is 11.8 Å². The van der Waals surface area contributed by atoms with E-state index in [-0.39, 0.29) is 0 Å². The van der Waals surface area contributed by atoms with Crippen LogP contribution in [0.4, 0.5) is 0 Å². The molecule has 0 saturated carbocycles. The number of nitrogens with zero attached hydrogens (tertiary/aromatic N) is 2. The monoisotopic (exact) mass is 468 g/mol. The fourth-order valence-electron chi connectivity index (χ4n) is 7.56. The number of phenols is 1. The third-order valence-corrected chi connectivity index (χ3v) is 9.48. The lowest BCUT2D eigenvalue weighted by molar-refractivity contribution is 0.0285. The standard InChI is InChI=1S/C30H36N4O/c1-3-18-16-34-17-25-24-15-21(35)8-9-27(24)31-28(25)14-20(34)12-19(18)13-29-30-23(10-11-33(29)2)22-6-4-5-7-26(22)32-30/h4-9,15,18-20,29,31-32,35H,3,10-14,16-17H2,1-2H3. The van der Waals surface area contributed by atoms with E-state index < -0.39 is 0 Å². The summed E-state index contributed by atoms with van der Waals surface area (Å²) in [5, 5.41) is 12.7. The molecule has 5 nitrogen and oxygen atoms in total. The summed E-state index contributed by atoms with van der Waals surface area (Å²) in [5.74, 6) is 1.83. The summed E-state index contributed by atoms with van der Waals surface area (Å²) in [6.45, 7) is 5.72. The summed E-state index contributed by atoms with van der Waals surface area (Å²) < 4.78 is 0. The highest BCUT2D eigenvalue weighted by Gasteiger charge is 2.40. The van der Waals surface area contributed by atoms with Crippen molar-refractivity contribution in [3.8, 4) is 5.75 Å². The molecule has 4 atom stereocenters. The summed E-state index contributed by atoms with van der Waals surface area (Å²) in [6, 6.07) is 15.7. The second-order valence-electron chi connectivity index (χ2n) is 11.3. The smallest absolute Gasteiger partial charge is 0.116 e. The number of hydrogen-bond donors (Lipinski definition) is 3. The van der Waals surface area contributed by atoms with Crippen molar-refractivity contribution in [3.05, 3.63) is 65.0 Å². The van der Waals surface area contributed by atoms with Crippen molar-refractivity contribution in [2.75, 3.05) is 20.1 Å². The minimum atomic E-state index is 0.361. The second kappa shape index (κ2) is 8.14. The van der Waals surface area contributed by atoms with E-state index in [4.69, 9.17) is 0 Å². The summed E-state index contributed by atoms with van der Waals surface area (Å²) in [7, 11) is 2.32. The third-order valence-electron chi connectivity index (χ3n) is 9.48. The number of para-hydroxylation sites is 1. The average molecular weight is 469 g/mol. The fraction of sp³-hybridized carbons (Fsp3) is 0.467. The first-order valence-corrected chi connectivity index (χ1v) is 13.4. The molecule has 182 valence electrons. The largest absolute Gasteiger partial charge is 0.508 e. The second-order valence-corrected chi connectivity index (χ2v) is 11.3. The first kappa shape index (κ1) is 21.5. The van der Waals surface area contributed by atoms with E-state index in [9.17, 15) is 5.11 Å². The molecule has 2 aromatic carbocycles. The van der Waals surface area contributed by atoms with Crippen molar-refractivity contribution >= 4 is 21.8 Å². The summed E-state index contributed by atoms with van der Waals surface area (Å²) in [4.78, 5) is 12.8. The van der Waals surface area contributed by atoms with Gasteiger partial charge in [0.2, 0.25) is 0 Å². The number of benzene rings is 2. The van der Waals surface area contributed by atoms with E-state index in [0.717, 1.165) is 43.3 Å². The highest BCUT2D eigenvalue weighted by Crippen LogP contribution is 2.44. The molecular formula is C30H36N4O. The first-order valence-electron chi connectivity index (χ1n) is 13.4. The summed E-state index contributed by atoms with van der Waals surface area (Å²) in [6.07, 6.45) is 6.00. The van der Waals surface area contributed by atoms with Gasteiger partial charge in [-0.25, -0.2) is 0 Å². The van der Waals surface area contributed by atoms with Crippen molar-refractivity contribution in [3.63, 3.8) is 0 Å². The maximum absolute atomic E-state index is 10.1. The van der Waals surface area contributed by atoms with Crippen molar-refractivity contribution < 1.29 is 5.11 Å². The molecule has 7 rings (SSSR count). The van der Waals surface area contributed by atoms with Crippen LogP contribution in [-0.4, -0.2) is 51.1 Å². The average Bonchev–Trinajstić information content (AvgIpc) is 3.41. The normalized spacial score (nSPS) is 27.1. The van der Waals surface area contributed by atoms with Gasteiger partial charge < -0.3 is 15.1 Å². The van der Waals surface area contributed by atoms with Gasteiger partial charge in [-0.2, -0.15) is 0 Å². The van der Waals surface area contributed by atoms with Gasteiger partial charge in [0, 0.05) is 65.3 Å². The van der Waals surface area contributed by atoms with E-state index in [1.807, 2.05) is 12.1 Å². The number of phenolic OH excluding ortho intramolecular Hbond substituents is 1. The van der Waals surface area contributed by atoms with Gasteiger partial charge in [0.25, 0.3) is 0 Å². The zero-order chi connectivity index (χ0) is 23.7. The molecule has 3 N–H and O–H groups in total. The molecule has 35 heavy (non-hydrogen) atoms. The Kier molecular flexibility index (Phi) is 5.00. The number of aromatic nitrogens is 2. The molecule has 0 bridgehead atoms. The Balaban J connectivity index is 1.18. The molecule has 4 aromatic rings. The summed E-state index contributed by atoms with van der Waals surface area (Å²) in [5.41, 5.74) is 8.26. The Bertz CT molecular complexity index is 1400. The van der Waals surface area contributed by atoms with Crippen molar-refractivity contribution in [1.29, 1.82) is 0 Å². The Morgan fingerprint density at radius 3 is 2.74 bits per heavy atom. The van der Waals surface area contributed by atoms with Crippen LogP contribution in [0.5, 0.6) is 5.75 Å². The van der Waals surface area contributed by atoms with Crippen LogP contribution < -0.4 is 0 Å². The lowest BCUT2D eigenvalue weighted by Gasteiger charge is -2.48. The van der Waals surface area contributed by atoms with Gasteiger partial charge in [0.15, 0.2) is 0 Å². The zero-order valence-electron chi connectivity index (χ0n) is 20.8. The molecular weight excluding hydrogens is 432 g/mol. The molecule has 0 amide bonds. The molecule has 0 aliphatic carbocycles. The van der Waals surface area contributed by atoms with E-state index in [0.29, 0.717) is 17.8 Å². The van der Waals surface area contributed by atoms with Gasteiger partial charge in [-0.3, -0.25) is 9.80 Å². The van der Waals surface area contributed by atoms with Crippen LogP contribution >= 0.6 is 0 Å². The van der Waals surface area contributed by atoms with Gasteiger partial charge in [-0.1, -0.05) is 31.5 Å². The molecule has 5 heterocycles. The van der Waals surface area contributed by atoms with Crippen molar-refractivity contribution in [2.45, 2.75) is 57.7 Å². The molecule has 2 aromatic heterocycles.